The Morgan fingerprint density at radius 3 is 2.35 bits per heavy atom. The maximum Gasteiger partial charge on any atom is 0.187 e. The molecule has 3 rings (SSSR count). The van der Waals surface area contributed by atoms with Crippen LogP contribution in [0.1, 0.15) is 20.3 Å². The minimum Gasteiger partial charge on any atom is -0.353 e. The summed E-state index contributed by atoms with van der Waals surface area (Å²) >= 11 is 0. The van der Waals surface area contributed by atoms with E-state index in [-0.39, 0.29) is 23.5 Å². The fourth-order valence-electron chi connectivity index (χ4n) is 3.59. The maximum absolute atomic E-state index is 12.8. The summed E-state index contributed by atoms with van der Waals surface area (Å²) in [4.78, 5) is 12.8. The number of methoxy groups -OCH3 is 1. The highest BCUT2D eigenvalue weighted by molar-refractivity contribution is 6.81. The molecule has 0 aromatic heterocycles. The van der Waals surface area contributed by atoms with Gasteiger partial charge in [-0.1, -0.05) is 19.6 Å². The molecular weight excluding hydrogens is 276 g/mol. The first kappa shape index (κ1) is 14.7. The van der Waals surface area contributed by atoms with Crippen molar-refractivity contribution in [3.63, 3.8) is 0 Å². The molecule has 0 radical (unpaired) electrons. The number of rotatable bonds is 2. The second-order valence-electron chi connectivity index (χ2n) is 7.62. The molecule has 1 aliphatic carbocycles. The van der Waals surface area contributed by atoms with Gasteiger partial charge < -0.3 is 18.9 Å². The smallest absolute Gasteiger partial charge is 0.187 e. The number of ether oxygens (including phenoxy) is 4. The summed E-state index contributed by atoms with van der Waals surface area (Å²) in [6, 6.07) is 0. The standard InChI is InChI=1S/C14H24O5Si/c1-13(2)17-9-11(18-13)14(19-12(9)16-3)7-8(10(14)15)20(4,5)6/h8-9,11-12H,7H2,1-6H3/t8?,9?,11?,12?,14-/m0/s1. The van der Waals surface area contributed by atoms with Crippen molar-refractivity contribution in [1.82, 2.24) is 0 Å². The third kappa shape index (κ3) is 1.85. The lowest BCUT2D eigenvalue weighted by molar-refractivity contribution is -0.254. The highest BCUT2D eigenvalue weighted by atomic mass is 28.3. The van der Waals surface area contributed by atoms with Crippen LogP contribution in [-0.2, 0) is 23.7 Å². The van der Waals surface area contributed by atoms with Crippen LogP contribution in [0.5, 0.6) is 0 Å². The van der Waals surface area contributed by atoms with E-state index in [0.29, 0.717) is 0 Å². The normalized spacial score (nSPS) is 46.6. The number of ketones is 1. The van der Waals surface area contributed by atoms with Crippen molar-refractivity contribution in [2.75, 3.05) is 7.11 Å². The predicted octanol–water partition coefficient (Wildman–Crippen LogP) is 1.93. The SMILES string of the molecule is COC1O[C@]2(CC([Si](C)(C)C)C2=O)C2OC(C)(C)OC12. The lowest BCUT2D eigenvalue weighted by Crippen LogP contribution is -2.64. The van der Waals surface area contributed by atoms with E-state index in [1.165, 1.54) is 0 Å². The van der Waals surface area contributed by atoms with Crippen LogP contribution in [-0.4, -0.2) is 50.9 Å². The van der Waals surface area contributed by atoms with Crippen molar-refractivity contribution in [1.29, 1.82) is 0 Å². The van der Waals surface area contributed by atoms with E-state index in [0.717, 1.165) is 6.42 Å². The average Bonchev–Trinajstić information content (AvgIpc) is 2.76. The maximum atomic E-state index is 12.8. The van der Waals surface area contributed by atoms with E-state index in [4.69, 9.17) is 18.9 Å². The molecule has 0 aromatic carbocycles. The molecule has 0 bridgehead atoms. The van der Waals surface area contributed by atoms with Gasteiger partial charge in [0.15, 0.2) is 23.5 Å². The van der Waals surface area contributed by atoms with E-state index in [9.17, 15) is 4.79 Å². The Hall–Kier alpha value is -0.273. The van der Waals surface area contributed by atoms with Crippen LogP contribution < -0.4 is 0 Å². The Labute approximate surface area is 120 Å². The highest BCUT2D eigenvalue weighted by Gasteiger charge is 2.73. The minimum atomic E-state index is -1.51. The molecule has 3 aliphatic rings. The van der Waals surface area contributed by atoms with Crippen LogP contribution >= 0.6 is 0 Å². The summed E-state index contributed by atoms with van der Waals surface area (Å²) in [6.07, 6.45) is -0.445. The van der Waals surface area contributed by atoms with Crippen molar-refractivity contribution in [3.05, 3.63) is 0 Å². The number of hydrogen-bond acceptors (Lipinski definition) is 5. The van der Waals surface area contributed by atoms with E-state index >= 15 is 0 Å². The molecule has 5 nitrogen and oxygen atoms in total. The van der Waals surface area contributed by atoms with Gasteiger partial charge in [-0.3, -0.25) is 4.79 Å². The monoisotopic (exact) mass is 300 g/mol. The third-order valence-corrected chi connectivity index (χ3v) is 7.26. The Morgan fingerprint density at radius 2 is 1.85 bits per heavy atom. The van der Waals surface area contributed by atoms with Gasteiger partial charge in [-0.25, -0.2) is 0 Å². The van der Waals surface area contributed by atoms with Crippen LogP contribution in [0, 0.1) is 0 Å². The minimum absolute atomic E-state index is 0.145. The molecule has 0 amide bonds. The Bertz CT molecular complexity index is 443. The quantitative estimate of drug-likeness (QED) is 0.729. The van der Waals surface area contributed by atoms with Crippen molar-refractivity contribution in [2.24, 2.45) is 0 Å². The van der Waals surface area contributed by atoms with E-state index in [1.54, 1.807) is 7.11 Å². The summed E-state index contributed by atoms with van der Waals surface area (Å²) in [5.74, 6) is -0.500. The van der Waals surface area contributed by atoms with E-state index < -0.39 is 25.8 Å². The largest absolute Gasteiger partial charge is 0.353 e. The Morgan fingerprint density at radius 1 is 1.20 bits per heavy atom. The van der Waals surface area contributed by atoms with Crippen LogP contribution in [0.3, 0.4) is 0 Å². The molecule has 2 saturated heterocycles. The van der Waals surface area contributed by atoms with Gasteiger partial charge in [-0.2, -0.15) is 0 Å². The molecular formula is C14H24O5Si. The zero-order valence-electron chi connectivity index (χ0n) is 13.1. The molecule has 2 heterocycles. The third-order valence-electron chi connectivity index (χ3n) is 4.70. The number of Topliss-reactive ketones (excluding diaryl/α,β-unsaturated/α-hetero) is 1. The number of hydrogen-bond donors (Lipinski definition) is 0. The topological polar surface area (TPSA) is 54.0 Å². The number of carbonyl (C=O) groups excluding carboxylic acids is 1. The van der Waals surface area contributed by atoms with Gasteiger partial charge >= 0.3 is 0 Å². The van der Waals surface area contributed by atoms with E-state index in [2.05, 4.69) is 19.6 Å². The first-order chi connectivity index (χ1) is 9.11. The van der Waals surface area contributed by atoms with Crippen LogP contribution in [0.25, 0.3) is 0 Å². The zero-order chi connectivity index (χ0) is 14.9. The Balaban J connectivity index is 1.87. The fraction of sp³-hybridized carbons (Fsp3) is 0.929. The molecule has 0 N–H and O–H groups in total. The van der Waals surface area contributed by atoms with Crippen molar-refractivity contribution >= 4 is 13.9 Å². The average molecular weight is 300 g/mol. The predicted molar refractivity (Wildman–Crippen MR) is 75.2 cm³/mol. The summed E-state index contributed by atoms with van der Waals surface area (Å²) in [6.45, 7) is 10.4. The summed E-state index contributed by atoms with van der Waals surface area (Å²) < 4.78 is 23.1. The molecule has 114 valence electrons. The molecule has 5 atom stereocenters. The molecule has 6 heteroatoms. The van der Waals surface area contributed by atoms with Crippen LogP contribution in [0.4, 0.5) is 0 Å². The second kappa shape index (κ2) is 4.13. The molecule has 0 aromatic rings. The fourth-order valence-corrected chi connectivity index (χ4v) is 5.54. The molecule has 3 fully saturated rings. The highest BCUT2D eigenvalue weighted by Crippen LogP contribution is 2.57. The van der Waals surface area contributed by atoms with Crippen molar-refractivity contribution in [2.45, 2.75) is 75.3 Å². The molecule has 1 spiro atoms. The van der Waals surface area contributed by atoms with Gasteiger partial charge in [0, 0.05) is 12.7 Å². The number of carbonyl (C=O) groups is 1. The summed E-state index contributed by atoms with van der Waals surface area (Å²) in [7, 11) is 0.0689. The lowest BCUT2D eigenvalue weighted by atomic mass is 9.73. The molecule has 1 saturated carbocycles. The summed E-state index contributed by atoms with van der Waals surface area (Å²) in [5.41, 5.74) is -0.699. The molecule has 4 unspecified atom stereocenters. The number of fused-ring (bicyclic) bond motifs is 2. The van der Waals surface area contributed by atoms with Crippen molar-refractivity contribution < 1.29 is 23.7 Å². The van der Waals surface area contributed by atoms with Gasteiger partial charge in [0.25, 0.3) is 0 Å². The van der Waals surface area contributed by atoms with Crippen LogP contribution in [0.2, 0.25) is 25.2 Å². The first-order valence-electron chi connectivity index (χ1n) is 7.21. The lowest BCUT2D eigenvalue weighted by Gasteiger charge is -2.49. The van der Waals surface area contributed by atoms with Gasteiger partial charge in [0.2, 0.25) is 0 Å². The summed E-state index contributed by atoms with van der Waals surface area (Å²) in [5, 5.41) is 0. The van der Waals surface area contributed by atoms with Crippen LogP contribution in [0.15, 0.2) is 0 Å². The second-order valence-corrected chi connectivity index (χ2v) is 13.0. The first-order valence-corrected chi connectivity index (χ1v) is 10.8. The van der Waals surface area contributed by atoms with Gasteiger partial charge in [0.05, 0.1) is 8.07 Å². The van der Waals surface area contributed by atoms with Gasteiger partial charge in [0.1, 0.15) is 12.2 Å². The zero-order valence-corrected chi connectivity index (χ0v) is 14.1. The Kier molecular flexibility index (Phi) is 3.03. The van der Waals surface area contributed by atoms with Gasteiger partial charge in [-0.05, 0) is 20.3 Å². The van der Waals surface area contributed by atoms with Crippen molar-refractivity contribution in [3.8, 4) is 0 Å². The van der Waals surface area contributed by atoms with E-state index in [1.807, 2.05) is 13.8 Å². The van der Waals surface area contributed by atoms with Gasteiger partial charge in [-0.15, -0.1) is 0 Å². The molecule has 2 aliphatic heterocycles. The molecule has 20 heavy (non-hydrogen) atoms.